The summed E-state index contributed by atoms with van der Waals surface area (Å²) in [4.78, 5) is 11.8. The summed E-state index contributed by atoms with van der Waals surface area (Å²) in [6.07, 6.45) is 0.536. The first-order valence-electron chi connectivity index (χ1n) is 5.06. The highest BCUT2D eigenvalue weighted by atomic mass is 16.5. The van der Waals surface area contributed by atoms with Gasteiger partial charge in [0.05, 0.1) is 7.11 Å². The van der Waals surface area contributed by atoms with Gasteiger partial charge in [-0.2, -0.15) is 15.0 Å². The zero-order valence-electron chi connectivity index (χ0n) is 9.42. The first-order valence-corrected chi connectivity index (χ1v) is 5.06. The molecule has 0 atom stereocenters. The maximum atomic E-state index is 5.50. The van der Waals surface area contributed by atoms with Gasteiger partial charge in [-0.1, -0.05) is 12.1 Å². The number of anilines is 2. The molecule has 6 nitrogen and oxygen atoms in total. The van der Waals surface area contributed by atoms with E-state index < -0.39 is 0 Å². The monoisotopic (exact) mass is 231 g/mol. The second-order valence-corrected chi connectivity index (χ2v) is 3.50. The second-order valence-electron chi connectivity index (χ2n) is 3.50. The summed E-state index contributed by atoms with van der Waals surface area (Å²) in [5.41, 5.74) is 12.0. The van der Waals surface area contributed by atoms with E-state index in [1.54, 1.807) is 7.11 Å². The van der Waals surface area contributed by atoms with Crippen LogP contribution in [0, 0.1) is 0 Å². The third-order valence-electron chi connectivity index (χ3n) is 2.21. The van der Waals surface area contributed by atoms with Crippen LogP contribution in [0.4, 0.5) is 11.9 Å². The van der Waals surface area contributed by atoms with Crippen LogP contribution in [0.1, 0.15) is 11.4 Å². The third kappa shape index (κ3) is 2.81. The van der Waals surface area contributed by atoms with Crippen LogP contribution in [-0.2, 0) is 6.42 Å². The summed E-state index contributed by atoms with van der Waals surface area (Å²) in [6.45, 7) is 0. The molecule has 0 aliphatic heterocycles. The Labute approximate surface area is 98.7 Å². The number of aromatic nitrogens is 3. The molecule has 2 rings (SSSR count). The Morgan fingerprint density at radius 1 is 1.12 bits per heavy atom. The molecule has 6 heteroatoms. The lowest BCUT2D eigenvalue weighted by molar-refractivity contribution is 0.414. The van der Waals surface area contributed by atoms with Gasteiger partial charge in [0.2, 0.25) is 11.9 Å². The van der Waals surface area contributed by atoms with E-state index in [1.165, 1.54) is 0 Å². The van der Waals surface area contributed by atoms with Crippen molar-refractivity contribution >= 4 is 11.9 Å². The normalized spacial score (nSPS) is 10.2. The first-order chi connectivity index (χ1) is 8.17. The van der Waals surface area contributed by atoms with E-state index in [0.717, 1.165) is 11.3 Å². The van der Waals surface area contributed by atoms with Crippen LogP contribution in [0.2, 0.25) is 0 Å². The van der Waals surface area contributed by atoms with E-state index in [1.807, 2.05) is 24.3 Å². The number of ether oxygens (including phenoxy) is 1. The molecule has 0 spiro atoms. The lowest BCUT2D eigenvalue weighted by Gasteiger charge is -2.04. The molecule has 1 aromatic heterocycles. The van der Waals surface area contributed by atoms with Gasteiger partial charge in [0.1, 0.15) is 11.6 Å². The van der Waals surface area contributed by atoms with E-state index in [-0.39, 0.29) is 11.9 Å². The molecule has 1 aromatic carbocycles. The highest BCUT2D eigenvalue weighted by Crippen LogP contribution is 2.15. The maximum absolute atomic E-state index is 5.50. The highest BCUT2D eigenvalue weighted by molar-refractivity contribution is 5.32. The number of benzene rings is 1. The molecule has 0 saturated carbocycles. The zero-order chi connectivity index (χ0) is 12.3. The molecule has 88 valence electrons. The first kappa shape index (κ1) is 11.1. The van der Waals surface area contributed by atoms with Crippen molar-refractivity contribution in [2.75, 3.05) is 18.6 Å². The van der Waals surface area contributed by atoms with Gasteiger partial charge < -0.3 is 16.2 Å². The van der Waals surface area contributed by atoms with Gasteiger partial charge in [-0.3, -0.25) is 0 Å². The van der Waals surface area contributed by atoms with Crippen LogP contribution in [0.3, 0.4) is 0 Å². The van der Waals surface area contributed by atoms with E-state index in [9.17, 15) is 0 Å². The molecule has 0 bridgehead atoms. The summed E-state index contributed by atoms with van der Waals surface area (Å²) in [5, 5.41) is 0. The summed E-state index contributed by atoms with van der Waals surface area (Å²) in [5.74, 6) is 1.60. The van der Waals surface area contributed by atoms with Gasteiger partial charge in [0.25, 0.3) is 0 Å². The fourth-order valence-electron chi connectivity index (χ4n) is 1.50. The minimum Gasteiger partial charge on any atom is -0.497 e. The molecule has 0 amide bonds. The molecule has 0 fully saturated rings. The fraction of sp³-hybridized carbons (Fsp3) is 0.182. The Bertz CT molecular complexity index is 509. The van der Waals surface area contributed by atoms with Gasteiger partial charge in [0, 0.05) is 6.42 Å². The van der Waals surface area contributed by atoms with Gasteiger partial charge in [-0.05, 0) is 17.7 Å². The number of nitrogens with two attached hydrogens (primary N) is 2. The summed E-state index contributed by atoms with van der Waals surface area (Å²) in [7, 11) is 1.62. The molecule has 4 N–H and O–H groups in total. The molecule has 0 radical (unpaired) electrons. The summed E-state index contributed by atoms with van der Waals surface area (Å²) in [6, 6.07) is 7.65. The molecule has 0 saturated heterocycles. The topological polar surface area (TPSA) is 99.9 Å². The number of hydrogen-bond donors (Lipinski definition) is 2. The number of methoxy groups -OCH3 is 1. The number of nitrogens with zero attached hydrogens (tertiary/aromatic N) is 3. The van der Waals surface area contributed by atoms with Crippen molar-refractivity contribution in [3.05, 3.63) is 35.7 Å². The standard InChI is InChI=1S/C11H13N5O/c1-17-8-4-2-3-7(5-8)6-9-14-10(12)16-11(13)15-9/h2-5H,6H2,1H3,(H4,12,13,14,15,16). The summed E-state index contributed by atoms with van der Waals surface area (Å²) >= 11 is 0. The minimum atomic E-state index is 0.135. The molecule has 0 aliphatic rings. The molecule has 2 aromatic rings. The lowest BCUT2D eigenvalue weighted by Crippen LogP contribution is -2.07. The van der Waals surface area contributed by atoms with E-state index in [0.29, 0.717) is 12.2 Å². The van der Waals surface area contributed by atoms with Crippen molar-refractivity contribution in [1.29, 1.82) is 0 Å². The molecular weight excluding hydrogens is 218 g/mol. The van der Waals surface area contributed by atoms with Gasteiger partial charge in [-0.25, -0.2) is 0 Å². The lowest BCUT2D eigenvalue weighted by atomic mass is 10.1. The van der Waals surface area contributed by atoms with Crippen molar-refractivity contribution < 1.29 is 4.74 Å². The maximum Gasteiger partial charge on any atom is 0.225 e. The van der Waals surface area contributed by atoms with E-state index in [4.69, 9.17) is 16.2 Å². The van der Waals surface area contributed by atoms with Gasteiger partial charge >= 0.3 is 0 Å². The van der Waals surface area contributed by atoms with Crippen LogP contribution in [0.15, 0.2) is 24.3 Å². The van der Waals surface area contributed by atoms with E-state index >= 15 is 0 Å². The number of rotatable bonds is 3. The molecule has 17 heavy (non-hydrogen) atoms. The second kappa shape index (κ2) is 4.65. The molecule has 0 unspecified atom stereocenters. The molecule has 0 aliphatic carbocycles. The number of nitrogen functional groups attached to an aromatic ring is 2. The van der Waals surface area contributed by atoms with Gasteiger partial charge in [0.15, 0.2) is 0 Å². The molecular formula is C11H13N5O. The van der Waals surface area contributed by atoms with Crippen molar-refractivity contribution in [2.24, 2.45) is 0 Å². The minimum absolute atomic E-state index is 0.135. The van der Waals surface area contributed by atoms with Crippen molar-refractivity contribution in [1.82, 2.24) is 15.0 Å². The average Bonchev–Trinajstić information content (AvgIpc) is 2.28. The summed E-state index contributed by atoms with van der Waals surface area (Å²) < 4.78 is 5.14. The Morgan fingerprint density at radius 3 is 2.47 bits per heavy atom. The predicted octanol–water partition coefficient (Wildman–Crippen LogP) is 0.635. The Hall–Kier alpha value is -2.37. The Morgan fingerprint density at radius 2 is 1.82 bits per heavy atom. The quantitative estimate of drug-likeness (QED) is 0.803. The van der Waals surface area contributed by atoms with Crippen LogP contribution in [0.25, 0.3) is 0 Å². The van der Waals surface area contributed by atoms with Crippen molar-refractivity contribution in [3.63, 3.8) is 0 Å². The van der Waals surface area contributed by atoms with Crippen molar-refractivity contribution in [3.8, 4) is 5.75 Å². The average molecular weight is 231 g/mol. The fourth-order valence-corrected chi connectivity index (χ4v) is 1.50. The Kier molecular flexibility index (Phi) is 3.04. The Balaban J connectivity index is 2.24. The molecule has 1 heterocycles. The third-order valence-corrected chi connectivity index (χ3v) is 2.21. The van der Waals surface area contributed by atoms with Crippen LogP contribution >= 0.6 is 0 Å². The predicted molar refractivity (Wildman–Crippen MR) is 64.5 cm³/mol. The van der Waals surface area contributed by atoms with Crippen LogP contribution in [0.5, 0.6) is 5.75 Å². The SMILES string of the molecule is COc1cccc(Cc2nc(N)nc(N)n2)c1. The van der Waals surface area contributed by atoms with Gasteiger partial charge in [-0.15, -0.1) is 0 Å². The van der Waals surface area contributed by atoms with Crippen LogP contribution < -0.4 is 16.2 Å². The van der Waals surface area contributed by atoms with Crippen LogP contribution in [-0.4, -0.2) is 22.1 Å². The largest absolute Gasteiger partial charge is 0.497 e. The highest BCUT2D eigenvalue weighted by Gasteiger charge is 2.04. The van der Waals surface area contributed by atoms with E-state index in [2.05, 4.69) is 15.0 Å². The smallest absolute Gasteiger partial charge is 0.225 e. The van der Waals surface area contributed by atoms with Crippen molar-refractivity contribution in [2.45, 2.75) is 6.42 Å². The number of hydrogen-bond acceptors (Lipinski definition) is 6. The zero-order valence-corrected chi connectivity index (χ0v) is 9.42.